The maximum absolute atomic E-state index is 13.4. The first-order chi connectivity index (χ1) is 17.8. The van der Waals surface area contributed by atoms with Gasteiger partial charge in [0.1, 0.15) is 17.4 Å². The number of aliphatic imine (C=N–C) groups is 1. The first-order valence-corrected chi connectivity index (χ1v) is 11.4. The molecular weight excluding hydrogens is 498 g/mol. The van der Waals surface area contributed by atoms with Crippen LogP contribution in [0.1, 0.15) is 28.9 Å². The number of carbonyl (C=O) groups is 2. The number of fused-ring (bicyclic) bond motifs is 1. The Bertz CT molecular complexity index is 1610. The zero-order valence-corrected chi connectivity index (χ0v) is 20.1. The van der Waals surface area contributed by atoms with E-state index in [0.29, 0.717) is 33.1 Å². The predicted molar refractivity (Wildman–Crippen MR) is 139 cm³/mol. The zero-order chi connectivity index (χ0) is 26.1. The van der Waals surface area contributed by atoms with E-state index in [1.807, 2.05) is 0 Å². The summed E-state index contributed by atoms with van der Waals surface area (Å²) in [5.41, 5.74) is 8.78. The van der Waals surface area contributed by atoms with Gasteiger partial charge in [0.15, 0.2) is 5.58 Å². The summed E-state index contributed by atoms with van der Waals surface area (Å²) in [6.07, 6.45) is 1.30. The van der Waals surface area contributed by atoms with Gasteiger partial charge in [-0.25, -0.2) is 14.8 Å². The van der Waals surface area contributed by atoms with Crippen LogP contribution in [0.4, 0.5) is 17.5 Å². The molecule has 2 aromatic heterocycles. The van der Waals surface area contributed by atoms with Gasteiger partial charge in [-0.1, -0.05) is 35.9 Å². The van der Waals surface area contributed by atoms with Gasteiger partial charge >= 0.3 is 12.0 Å². The van der Waals surface area contributed by atoms with E-state index in [2.05, 4.69) is 30.9 Å². The van der Waals surface area contributed by atoms with Crippen molar-refractivity contribution in [2.75, 3.05) is 16.4 Å². The van der Waals surface area contributed by atoms with Crippen LogP contribution in [0.3, 0.4) is 0 Å². The molecule has 0 saturated carbocycles. The highest BCUT2D eigenvalue weighted by molar-refractivity contribution is 6.31. The van der Waals surface area contributed by atoms with Gasteiger partial charge in [0.25, 0.3) is 5.91 Å². The molecule has 0 aliphatic carbocycles. The summed E-state index contributed by atoms with van der Waals surface area (Å²) in [5.74, 6) is -1.31. The number of anilines is 3. The lowest BCUT2D eigenvalue weighted by Gasteiger charge is -2.26. The smallest absolute Gasteiger partial charge is 0.335 e. The van der Waals surface area contributed by atoms with Gasteiger partial charge in [-0.15, -0.1) is 0 Å². The topological polar surface area (TPSA) is 168 Å². The van der Waals surface area contributed by atoms with Crippen molar-refractivity contribution in [3.63, 3.8) is 0 Å². The number of nitrogen functional groups attached to an aromatic ring is 1. The highest BCUT2D eigenvalue weighted by Crippen LogP contribution is 2.35. The van der Waals surface area contributed by atoms with Crippen LogP contribution in [0.2, 0.25) is 5.02 Å². The standard InChI is InChI=1S/C25H20ClN7O4/c1-12-19(22(34)30-18-11-13(23(35)36)9-10-28-18)20(14-5-2-3-6-15(14)26)31-24(29-12)33-25-32-21-16(27)7-4-8-17(21)37-25/h2-11,20H,27H2,1H3,(H,35,36)(H,28,30,34)(H2,29,31,32,33). The van der Waals surface area contributed by atoms with E-state index in [-0.39, 0.29) is 28.9 Å². The highest BCUT2D eigenvalue weighted by atomic mass is 35.5. The number of nitrogens with zero attached hydrogens (tertiary/aromatic N) is 3. The Hall–Kier alpha value is -4.90. The number of para-hydroxylation sites is 1. The fourth-order valence-corrected chi connectivity index (χ4v) is 4.14. The first kappa shape index (κ1) is 23.8. The molecule has 3 heterocycles. The quantitative estimate of drug-likeness (QED) is 0.244. The number of aromatic nitrogens is 2. The van der Waals surface area contributed by atoms with Gasteiger partial charge in [-0.05, 0) is 37.3 Å². The fourth-order valence-electron chi connectivity index (χ4n) is 3.90. The van der Waals surface area contributed by atoms with Crippen molar-refractivity contribution < 1.29 is 19.1 Å². The number of nitrogens with two attached hydrogens (primary N) is 1. The van der Waals surface area contributed by atoms with Gasteiger partial charge in [0, 0.05) is 22.5 Å². The summed E-state index contributed by atoms with van der Waals surface area (Å²) in [7, 11) is 0. The number of carboxylic acid groups (broad SMARTS) is 1. The number of hydrogen-bond donors (Lipinski definition) is 5. The number of guanidine groups is 1. The van der Waals surface area contributed by atoms with Crippen molar-refractivity contribution in [3.05, 3.63) is 88.2 Å². The molecule has 6 N–H and O–H groups in total. The Morgan fingerprint density at radius 1 is 1.16 bits per heavy atom. The van der Waals surface area contributed by atoms with Gasteiger partial charge in [0.2, 0.25) is 5.96 Å². The Labute approximate surface area is 215 Å². The number of hydrogen-bond acceptors (Lipinski definition) is 9. The summed E-state index contributed by atoms with van der Waals surface area (Å²) in [4.78, 5) is 37.8. The number of halogens is 1. The summed E-state index contributed by atoms with van der Waals surface area (Å²) in [6.45, 7) is 1.71. The van der Waals surface area contributed by atoms with Crippen LogP contribution in [-0.4, -0.2) is 32.9 Å². The normalized spacial score (nSPS) is 15.2. The van der Waals surface area contributed by atoms with Gasteiger partial charge < -0.3 is 25.9 Å². The number of nitrogens with one attached hydrogen (secondary N) is 3. The van der Waals surface area contributed by atoms with Gasteiger partial charge in [-0.2, -0.15) is 4.98 Å². The second-order valence-corrected chi connectivity index (χ2v) is 8.50. The minimum absolute atomic E-state index is 0.0103. The molecule has 37 heavy (non-hydrogen) atoms. The average molecular weight is 518 g/mol. The van der Waals surface area contributed by atoms with E-state index in [1.54, 1.807) is 49.4 Å². The van der Waals surface area contributed by atoms with Gasteiger partial charge in [-0.3, -0.25) is 10.1 Å². The number of carbonyl (C=O) groups excluding carboxylic acids is 1. The summed E-state index contributed by atoms with van der Waals surface area (Å²) >= 11 is 6.48. The molecule has 0 saturated heterocycles. The van der Waals surface area contributed by atoms with Crippen LogP contribution >= 0.6 is 11.6 Å². The number of benzene rings is 2. The second kappa shape index (κ2) is 9.63. The predicted octanol–water partition coefficient (Wildman–Crippen LogP) is 4.18. The molecule has 0 bridgehead atoms. The molecule has 12 heteroatoms. The third-order valence-electron chi connectivity index (χ3n) is 5.61. The molecule has 11 nitrogen and oxygen atoms in total. The minimum atomic E-state index is -1.14. The van der Waals surface area contributed by atoms with E-state index < -0.39 is 17.9 Å². The second-order valence-electron chi connectivity index (χ2n) is 8.09. The van der Waals surface area contributed by atoms with Crippen molar-refractivity contribution >= 4 is 58.1 Å². The Morgan fingerprint density at radius 3 is 2.73 bits per heavy atom. The molecule has 186 valence electrons. The molecule has 0 radical (unpaired) electrons. The van der Waals surface area contributed by atoms with Crippen molar-refractivity contribution in [2.24, 2.45) is 4.99 Å². The number of oxazole rings is 1. The molecule has 4 aromatic rings. The molecule has 1 amide bonds. The largest absolute Gasteiger partial charge is 0.478 e. The molecule has 1 unspecified atom stereocenters. The van der Waals surface area contributed by atoms with E-state index in [1.165, 1.54) is 18.3 Å². The lowest BCUT2D eigenvalue weighted by Crippen LogP contribution is -2.37. The maximum Gasteiger partial charge on any atom is 0.335 e. The first-order valence-electron chi connectivity index (χ1n) is 11.0. The molecule has 2 aromatic carbocycles. The van der Waals surface area contributed by atoms with E-state index in [9.17, 15) is 14.7 Å². The minimum Gasteiger partial charge on any atom is -0.478 e. The van der Waals surface area contributed by atoms with Crippen LogP contribution in [-0.2, 0) is 4.79 Å². The lowest BCUT2D eigenvalue weighted by molar-refractivity contribution is -0.113. The van der Waals surface area contributed by atoms with Crippen LogP contribution in [0.25, 0.3) is 11.1 Å². The number of amides is 1. The zero-order valence-electron chi connectivity index (χ0n) is 19.3. The molecule has 1 aliphatic heterocycles. The number of rotatable bonds is 5. The third kappa shape index (κ3) is 4.80. The van der Waals surface area contributed by atoms with E-state index in [4.69, 9.17) is 21.8 Å². The average Bonchev–Trinajstić information content (AvgIpc) is 3.28. The van der Waals surface area contributed by atoms with Crippen molar-refractivity contribution in [1.29, 1.82) is 0 Å². The lowest BCUT2D eigenvalue weighted by atomic mass is 9.95. The number of aromatic carboxylic acids is 1. The van der Waals surface area contributed by atoms with E-state index >= 15 is 0 Å². The molecule has 5 rings (SSSR count). The number of allylic oxidation sites excluding steroid dienone is 1. The van der Waals surface area contributed by atoms with E-state index in [0.717, 1.165) is 0 Å². The Balaban J connectivity index is 1.49. The Morgan fingerprint density at radius 2 is 1.97 bits per heavy atom. The highest BCUT2D eigenvalue weighted by Gasteiger charge is 2.31. The Kier molecular flexibility index (Phi) is 6.20. The summed E-state index contributed by atoms with van der Waals surface area (Å²) in [6, 6.07) is 14.2. The van der Waals surface area contributed by atoms with Crippen molar-refractivity contribution in [2.45, 2.75) is 13.0 Å². The fraction of sp³-hybridized carbons (Fsp3) is 0.0800. The SMILES string of the molecule is CC1=C(C(=O)Nc2cc(C(=O)O)ccn2)C(c2ccccc2Cl)N=C(Nc2nc3c(N)cccc3o2)N1. The monoisotopic (exact) mass is 517 g/mol. The summed E-state index contributed by atoms with van der Waals surface area (Å²) < 4.78 is 5.73. The third-order valence-corrected chi connectivity index (χ3v) is 5.95. The molecule has 1 aliphatic rings. The molecule has 1 atom stereocenters. The molecule has 0 fully saturated rings. The number of carboxylic acids is 1. The van der Waals surface area contributed by atoms with Gasteiger partial charge in [0.05, 0.1) is 16.8 Å². The van der Waals surface area contributed by atoms with Crippen LogP contribution in [0.15, 0.2) is 81.5 Å². The molecule has 0 spiro atoms. The maximum atomic E-state index is 13.4. The van der Waals surface area contributed by atoms with Crippen LogP contribution < -0.4 is 21.7 Å². The summed E-state index contributed by atoms with van der Waals surface area (Å²) in [5, 5.41) is 18.4. The number of pyridine rings is 1. The molecular formula is C25H20ClN7O4. The van der Waals surface area contributed by atoms with Crippen LogP contribution in [0, 0.1) is 0 Å². The van der Waals surface area contributed by atoms with Crippen molar-refractivity contribution in [1.82, 2.24) is 15.3 Å². The van der Waals surface area contributed by atoms with Crippen LogP contribution in [0.5, 0.6) is 0 Å². The van der Waals surface area contributed by atoms with Crippen molar-refractivity contribution in [3.8, 4) is 0 Å².